The maximum atomic E-state index is 12.3. The number of H-pyrrole nitrogens is 1. The lowest BCUT2D eigenvalue weighted by Gasteiger charge is -2.28. The lowest BCUT2D eigenvalue weighted by atomic mass is 10.1. The Balaban J connectivity index is 1.55. The van der Waals surface area contributed by atoms with E-state index in [1.807, 2.05) is 0 Å². The first-order chi connectivity index (χ1) is 12.5. The Morgan fingerprint density at radius 3 is 2.73 bits per heavy atom. The molecule has 0 spiro atoms. The number of hydrogen-bond donors (Lipinski definition) is 1. The molecule has 2 heterocycles. The van der Waals surface area contributed by atoms with Gasteiger partial charge in [0.15, 0.2) is 6.10 Å². The number of esters is 1. The summed E-state index contributed by atoms with van der Waals surface area (Å²) in [5, 5.41) is 0.513. The number of aromatic amines is 1. The van der Waals surface area contributed by atoms with Crippen LogP contribution >= 0.6 is 0 Å². The molecule has 1 N–H and O–H groups in total. The Bertz CT molecular complexity index is 855. The molecule has 2 aromatic rings. The van der Waals surface area contributed by atoms with Crippen molar-refractivity contribution in [1.29, 1.82) is 0 Å². The van der Waals surface area contributed by atoms with Gasteiger partial charge in [-0.2, -0.15) is 0 Å². The van der Waals surface area contributed by atoms with Gasteiger partial charge >= 0.3 is 5.97 Å². The second kappa shape index (κ2) is 8.12. The molecule has 3 rings (SSSR count). The van der Waals surface area contributed by atoms with Gasteiger partial charge in [-0.3, -0.25) is 14.4 Å². The summed E-state index contributed by atoms with van der Waals surface area (Å²) in [4.78, 5) is 45.2. The number of amides is 1. The van der Waals surface area contributed by atoms with Crippen molar-refractivity contribution in [1.82, 2.24) is 14.9 Å². The van der Waals surface area contributed by atoms with Crippen LogP contribution in [0.1, 0.15) is 38.4 Å². The van der Waals surface area contributed by atoms with Gasteiger partial charge in [-0.25, -0.2) is 4.98 Å². The number of benzene rings is 1. The molecule has 7 heteroatoms. The van der Waals surface area contributed by atoms with E-state index in [0.717, 1.165) is 32.4 Å². The van der Waals surface area contributed by atoms with Gasteiger partial charge in [0.2, 0.25) is 0 Å². The summed E-state index contributed by atoms with van der Waals surface area (Å²) in [6.07, 6.45) is 2.64. The lowest BCUT2D eigenvalue weighted by Crippen LogP contribution is -2.42. The molecule has 1 aromatic carbocycles. The molecule has 1 aliphatic rings. The number of carbonyl (C=O) groups excluding carboxylic acids is 2. The van der Waals surface area contributed by atoms with Gasteiger partial charge < -0.3 is 14.6 Å². The summed E-state index contributed by atoms with van der Waals surface area (Å²) < 4.78 is 5.25. The molecule has 1 aliphatic heterocycles. The SMILES string of the molecule is C[C@@H](OC(=O)CCc1nc2ccccc2c(=O)[nH]1)C(=O)N1CCCCC1. The fourth-order valence-electron chi connectivity index (χ4n) is 3.15. The number of likely N-dealkylation sites (tertiary alicyclic amines) is 1. The minimum atomic E-state index is -0.788. The number of ether oxygens (including phenoxy) is 1. The highest BCUT2D eigenvalue weighted by molar-refractivity contribution is 5.83. The van der Waals surface area contributed by atoms with E-state index in [1.54, 1.807) is 36.1 Å². The Kier molecular flexibility index (Phi) is 5.65. The first-order valence-corrected chi connectivity index (χ1v) is 9.01. The Hall–Kier alpha value is -2.70. The van der Waals surface area contributed by atoms with Crippen LogP contribution in [0.3, 0.4) is 0 Å². The number of nitrogens with zero attached hydrogens (tertiary/aromatic N) is 2. The number of carbonyl (C=O) groups is 2. The van der Waals surface area contributed by atoms with Gasteiger partial charge in [-0.05, 0) is 38.3 Å². The normalized spacial score (nSPS) is 15.7. The van der Waals surface area contributed by atoms with Crippen LogP contribution in [0.25, 0.3) is 10.9 Å². The number of fused-ring (bicyclic) bond motifs is 1. The van der Waals surface area contributed by atoms with Crippen molar-refractivity contribution < 1.29 is 14.3 Å². The molecule has 0 bridgehead atoms. The zero-order valence-electron chi connectivity index (χ0n) is 14.9. The van der Waals surface area contributed by atoms with Crippen LogP contribution in [-0.2, 0) is 20.7 Å². The first kappa shape index (κ1) is 18.1. The molecule has 1 aromatic heterocycles. The average molecular weight is 357 g/mol. The van der Waals surface area contributed by atoms with E-state index >= 15 is 0 Å². The van der Waals surface area contributed by atoms with E-state index in [-0.39, 0.29) is 24.3 Å². The highest BCUT2D eigenvalue weighted by atomic mass is 16.5. The van der Waals surface area contributed by atoms with Crippen LogP contribution in [0.5, 0.6) is 0 Å². The van der Waals surface area contributed by atoms with Gasteiger partial charge in [0, 0.05) is 19.5 Å². The van der Waals surface area contributed by atoms with Crippen LogP contribution < -0.4 is 5.56 Å². The third kappa shape index (κ3) is 4.28. The smallest absolute Gasteiger partial charge is 0.307 e. The lowest BCUT2D eigenvalue weighted by molar-refractivity contribution is -0.159. The van der Waals surface area contributed by atoms with Crippen molar-refractivity contribution in [3.05, 3.63) is 40.4 Å². The minimum Gasteiger partial charge on any atom is -0.453 e. The molecular formula is C19H23N3O4. The molecule has 7 nitrogen and oxygen atoms in total. The molecule has 0 radical (unpaired) electrons. The van der Waals surface area contributed by atoms with Gasteiger partial charge in [0.05, 0.1) is 17.3 Å². The second-order valence-electron chi connectivity index (χ2n) is 6.55. The van der Waals surface area contributed by atoms with E-state index in [4.69, 9.17) is 4.74 Å². The van der Waals surface area contributed by atoms with E-state index in [2.05, 4.69) is 9.97 Å². The van der Waals surface area contributed by atoms with Crippen molar-refractivity contribution in [2.75, 3.05) is 13.1 Å². The summed E-state index contributed by atoms with van der Waals surface area (Å²) in [7, 11) is 0. The summed E-state index contributed by atoms with van der Waals surface area (Å²) in [6, 6.07) is 7.04. The third-order valence-electron chi connectivity index (χ3n) is 4.55. The summed E-state index contributed by atoms with van der Waals surface area (Å²) in [5.41, 5.74) is 0.362. The first-order valence-electron chi connectivity index (χ1n) is 9.01. The average Bonchev–Trinajstić information content (AvgIpc) is 2.66. The number of aromatic nitrogens is 2. The van der Waals surface area contributed by atoms with Crippen molar-refractivity contribution in [2.24, 2.45) is 0 Å². The van der Waals surface area contributed by atoms with Crippen LogP contribution in [0.2, 0.25) is 0 Å². The monoisotopic (exact) mass is 357 g/mol. The topological polar surface area (TPSA) is 92.4 Å². The van der Waals surface area contributed by atoms with Crippen molar-refractivity contribution in [3.63, 3.8) is 0 Å². The highest BCUT2D eigenvalue weighted by Gasteiger charge is 2.24. The number of nitrogens with one attached hydrogen (secondary N) is 1. The standard InChI is InChI=1S/C19H23N3O4/c1-13(19(25)22-11-5-2-6-12-22)26-17(23)10-9-16-20-15-8-4-3-7-14(15)18(24)21-16/h3-4,7-8,13H,2,5-6,9-12H2,1H3,(H,20,21,24)/t13-/m1/s1. The summed E-state index contributed by atoms with van der Waals surface area (Å²) in [6.45, 7) is 3.05. The number of hydrogen-bond acceptors (Lipinski definition) is 5. The van der Waals surface area contributed by atoms with E-state index < -0.39 is 12.1 Å². The molecule has 138 valence electrons. The fourth-order valence-corrected chi connectivity index (χ4v) is 3.15. The van der Waals surface area contributed by atoms with Gasteiger partial charge in [-0.15, -0.1) is 0 Å². The van der Waals surface area contributed by atoms with Crippen molar-refractivity contribution in [2.45, 2.75) is 45.1 Å². The summed E-state index contributed by atoms with van der Waals surface area (Å²) in [5.74, 6) is -0.186. The number of piperidine rings is 1. The highest BCUT2D eigenvalue weighted by Crippen LogP contribution is 2.12. The predicted octanol–water partition coefficient (Wildman–Crippen LogP) is 1.80. The zero-order chi connectivity index (χ0) is 18.5. The van der Waals surface area contributed by atoms with Crippen LogP contribution in [0, 0.1) is 0 Å². The quantitative estimate of drug-likeness (QED) is 0.824. The summed E-state index contributed by atoms with van der Waals surface area (Å²) >= 11 is 0. The van der Waals surface area contributed by atoms with Gasteiger partial charge in [-0.1, -0.05) is 12.1 Å². The molecule has 0 unspecified atom stereocenters. The molecule has 0 saturated carbocycles. The molecule has 1 fully saturated rings. The molecular weight excluding hydrogens is 334 g/mol. The van der Waals surface area contributed by atoms with Gasteiger partial charge in [0.25, 0.3) is 11.5 Å². The van der Waals surface area contributed by atoms with Gasteiger partial charge in [0.1, 0.15) is 5.82 Å². The molecule has 0 aliphatic carbocycles. The largest absolute Gasteiger partial charge is 0.453 e. The van der Waals surface area contributed by atoms with Crippen LogP contribution in [-0.4, -0.2) is 45.9 Å². The zero-order valence-corrected chi connectivity index (χ0v) is 14.9. The number of rotatable bonds is 5. The Labute approximate surface area is 151 Å². The predicted molar refractivity (Wildman–Crippen MR) is 96.7 cm³/mol. The van der Waals surface area contributed by atoms with Crippen LogP contribution in [0.4, 0.5) is 0 Å². The maximum Gasteiger partial charge on any atom is 0.307 e. The third-order valence-corrected chi connectivity index (χ3v) is 4.55. The maximum absolute atomic E-state index is 12.3. The van der Waals surface area contributed by atoms with Crippen molar-refractivity contribution >= 4 is 22.8 Å². The van der Waals surface area contributed by atoms with E-state index in [9.17, 15) is 14.4 Å². The minimum absolute atomic E-state index is 0.0545. The van der Waals surface area contributed by atoms with Crippen LogP contribution in [0.15, 0.2) is 29.1 Å². The Morgan fingerprint density at radius 2 is 1.96 bits per heavy atom. The van der Waals surface area contributed by atoms with E-state index in [1.165, 1.54) is 0 Å². The number of aryl methyl sites for hydroxylation is 1. The number of para-hydroxylation sites is 1. The fraction of sp³-hybridized carbons (Fsp3) is 0.474. The molecule has 1 saturated heterocycles. The molecule has 26 heavy (non-hydrogen) atoms. The van der Waals surface area contributed by atoms with E-state index in [0.29, 0.717) is 16.7 Å². The second-order valence-corrected chi connectivity index (χ2v) is 6.55. The Morgan fingerprint density at radius 1 is 1.23 bits per heavy atom. The van der Waals surface area contributed by atoms with Crippen molar-refractivity contribution in [3.8, 4) is 0 Å². The molecule has 1 amide bonds. The molecule has 1 atom stereocenters.